The summed E-state index contributed by atoms with van der Waals surface area (Å²) in [4.78, 5) is 32.7. The van der Waals surface area contributed by atoms with Gasteiger partial charge in [0.25, 0.3) is 11.5 Å². The number of unbranched alkanes of at least 4 members (excludes halogenated alkanes) is 1. The van der Waals surface area contributed by atoms with Gasteiger partial charge in [0.05, 0.1) is 0 Å². The lowest BCUT2D eigenvalue weighted by Gasteiger charge is -2.34. The van der Waals surface area contributed by atoms with E-state index < -0.39 is 0 Å². The third-order valence-corrected chi connectivity index (χ3v) is 6.69. The standard InChI is InChI=1S/C21H27N3O2S.ClH/c1-2-3-7-23-8-10-24(11-9-23)21(26)15-4-5-19-17(13-15)16-6-12-27-14-18(16)20(25)22-19;/h4-5,13H,2-3,6-12,14H2,1H3,(H,22,25);1H. The molecule has 0 aliphatic carbocycles. The maximum absolute atomic E-state index is 13.0. The molecule has 1 N–H and O–H groups in total. The molecule has 0 radical (unpaired) electrons. The molecule has 1 amide bonds. The number of carbonyl (C=O) groups excluding carboxylic acids is 1. The number of thioether (sulfide) groups is 1. The van der Waals surface area contributed by atoms with E-state index in [1.807, 2.05) is 23.1 Å². The summed E-state index contributed by atoms with van der Waals surface area (Å²) in [6, 6.07) is 5.74. The van der Waals surface area contributed by atoms with Gasteiger partial charge in [-0.05, 0) is 48.9 Å². The number of nitrogens with zero attached hydrogens (tertiary/aromatic N) is 2. The highest BCUT2D eigenvalue weighted by atomic mass is 35.5. The van der Waals surface area contributed by atoms with Gasteiger partial charge in [0.15, 0.2) is 0 Å². The summed E-state index contributed by atoms with van der Waals surface area (Å²) in [6.45, 7) is 6.84. The van der Waals surface area contributed by atoms with Gasteiger partial charge in [-0.2, -0.15) is 11.8 Å². The third kappa shape index (κ3) is 4.24. The van der Waals surface area contributed by atoms with Crippen LogP contribution >= 0.6 is 24.2 Å². The zero-order valence-corrected chi connectivity index (χ0v) is 18.0. The minimum absolute atomic E-state index is 0. The number of fused-ring (bicyclic) bond motifs is 3. The highest BCUT2D eigenvalue weighted by Crippen LogP contribution is 2.28. The Kier molecular flexibility index (Phi) is 7.07. The Hall–Kier alpha value is -1.50. The number of piperazine rings is 1. The number of aromatic nitrogens is 1. The van der Waals surface area contributed by atoms with E-state index in [1.54, 1.807) is 11.8 Å². The van der Waals surface area contributed by atoms with Gasteiger partial charge < -0.3 is 9.88 Å². The summed E-state index contributed by atoms with van der Waals surface area (Å²) in [5.41, 5.74) is 3.61. The number of H-pyrrole nitrogens is 1. The van der Waals surface area contributed by atoms with Crippen LogP contribution in [0.15, 0.2) is 23.0 Å². The molecule has 0 bridgehead atoms. The van der Waals surface area contributed by atoms with Crippen molar-refractivity contribution in [2.45, 2.75) is 31.9 Å². The Morgan fingerprint density at radius 2 is 1.96 bits per heavy atom. The molecule has 3 heterocycles. The highest BCUT2D eigenvalue weighted by Gasteiger charge is 2.23. The average Bonchev–Trinajstić information content (AvgIpc) is 2.72. The van der Waals surface area contributed by atoms with E-state index in [4.69, 9.17) is 0 Å². The van der Waals surface area contributed by atoms with Crippen LogP contribution in [0.1, 0.15) is 41.3 Å². The molecule has 2 aliphatic heterocycles. The van der Waals surface area contributed by atoms with E-state index in [0.717, 1.165) is 78.2 Å². The maximum atomic E-state index is 13.0. The summed E-state index contributed by atoms with van der Waals surface area (Å²) in [6.07, 6.45) is 3.33. The lowest BCUT2D eigenvalue weighted by Crippen LogP contribution is -2.48. The Morgan fingerprint density at radius 1 is 1.18 bits per heavy atom. The van der Waals surface area contributed by atoms with Crippen LogP contribution in [0, 0.1) is 0 Å². The molecule has 1 saturated heterocycles. The van der Waals surface area contributed by atoms with Crippen LogP contribution in [0.5, 0.6) is 0 Å². The van der Waals surface area contributed by atoms with Crippen LogP contribution in [0.4, 0.5) is 0 Å². The van der Waals surface area contributed by atoms with Crippen LogP contribution in [-0.4, -0.2) is 59.2 Å². The lowest BCUT2D eigenvalue weighted by molar-refractivity contribution is 0.0636. The molecule has 1 aromatic carbocycles. The molecule has 1 aromatic heterocycles. The van der Waals surface area contributed by atoms with Crippen molar-refractivity contribution in [3.8, 4) is 0 Å². The fraction of sp³-hybridized carbons (Fsp3) is 0.524. The fourth-order valence-corrected chi connectivity index (χ4v) is 5.06. The van der Waals surface area contributed by atoms with Crippen molar-refractivity contribution in [2.24, 2.45) is 0 Å². The molecule has 28 heavy (non-hydrogen) atoms. The smallest absolute Gasteiger partial charge is 0.253 e. The number of carbonyl (C=O) groups is 1. The van der Waals surface area contributed by atoms with Crippen LogP contribution in [0.2, 0.25) is 0 Å². The van der Waals surface area contributed by atoms with E-state index in [9.17, 15) is 9.59 Å². The van der Waals surface area contributed by atoms with Crippen molar-refractivity contribution in [3.05, 3.63) is 45.2 Å². The largest absolute Gasteiger partial charge is 0.336 e. The fourth-order valence-electron chi connectivity index (χ4n) is 4.06. The minimum Gasteiger partial charge on any atom is -0.336 e. The molecule has 0 atom stereocenters. The first-order valence-corrected chi connectivity index (χ1v) is 11.1. The summed E-state index contributed by atoms with van der Waals surface area (Å²) in [5, 5.41) is 1.04. The van der Waals surface area contributed by atoms with E-state index in [-0.39, 0.29) is 23.9 Å². The van der Waals surface area contributed by atoms with Gasteiger partial charge in [-0.3, -0.25) is 14.5 Å². The van der Waals surface area contributed by atoms with Crippen molar-refractivity contribution >= 4 is 41.0 Å². The van der Waals surface area contributed by atoms with E-state index in [1.165, 1.54) is 12.8 Å². The second-order valence-corrected chi connectivity index (χ2v) is 8.57. The number of amides is 1. The summed E-state index contributed by atoms with van der Waals surface area (Å²) in [7, 11) is 0. The van der Waals surface area contributed by atoms with Crippen LogP contribution in [-0.2, 0) is 12.2 Å². The van der Waals surface area contributed by atoms with E-state index in [0.29, 0.717) is 0 Å². The molecule has 0 unspecified atom stereocenters. The zero-order chi connectivity index (χ0) is 18.8. The highest BCUT2D eigenvalue weighted by molar-refractivity contribution is 7.98. The number of aromatic amines is 1. The van der Waals surface area contributed by atoms with Crippen molar-refractivity contribution < 1.29 is 4.79 Å². The monoisotopic (exact) mass is 421 g/mol. The van der Waals surface area contributed by atoms with Gasteiger partial charge in [0.1, 0.15) is 0 Å². The second-order valence-electron chi connectivity index (χ2n) is 7.46. The van der Waals surface area contributed by atoms with Crippen molar-refractivity contribution in [1.82, 2.24) is 14.8 Å². The van der Waals surface area contributed by atoms with Gasteiger partial charge in [-0.25, -0.2) is 0 Å². The molecular weight excluding hydrogens is 394 g/mol. The Balaban J connectivity index is 0.00000225. The Bertz CT molecular complexity index is 906. The number of rotatable bonds is 4. The van der Waals surface area contributed by atoms with Gasteiger partial charge in [-0.15, -0.1) is 12.4 Å². The summed E-state index contributed by atoms with van der Waals surface area (Å²) in [5.74, 6) is 1.90. The third-order valence-electron chi connectivity index (χ3n) is 5.71. The lowest BCUT2D eigenvalue weighted by atomic mass is 9.99. The first kappa shape index (κ1) is 21.2. The Morgan fingerprint density at radius 3 is 2.71 bits per heavy atom. The van der Waals surface area contributed by atoms with Crippen molar-refractivity contribution in [1.29, 1.82) is 0 Å². The molecule has 4 rings (SSSR count). The van der Waals surface area contributed by atoms with Gasteiger partial charge in [0.2, 0.25) is 0 Å². The molecule has 7 heteroatoms. The molecule has 0 spiro atoms. The number of pyridine rings is 1. The molecule has 2 aromatic rings. The summed E-state index contributed by atoms with van der Waals surface area (Å²) >= 11 is 1.80. The van der Waals surface area contributed by atoms with E-state index in [2.05, 4.69) is 16.8 Å². The maximum Gasteiger partial charge on any atom is 0.253 e. The number of hydrogen-bond donors (Lipinski definition) is 1. The van der Waals surface area contributed by atoms with Gasteiger partial charge >= 0.3 is 0 Å². The first-order valence-electron chi connectivity index (χ1n) is 9.94. The molecule has 2 aliphatic rings. The van der Waals surface area contributed by atoms with Crippen LogP contribution < -0.4 is 5.56 Å². The normalized spacial score (nSPS) is 17.2. The SMILES string of the molecule is CCCCN1CCN(C(=O)c2ccc3[nH]c(=O)c4c(c3c2)CCSC4)CC1.Cl. The van der Waals surface area contributed by atoms with Crippen LogP contribution in [0.3, 0.4) is 0 Å². The average molecular weight is 422 g/mol. The Labute approximate surface area is 176 Å². The molecular formula is C21H28ClN3O2S. The first-order chi connectivity index (χ1) is 13.2. The molecule has 1 fully saturated rings. The zero-order valence-electron chi connectivity index (χ0n) is 16.3. The van der Waals surface area contributed by atoms with Crippen molar-refractivity contribution in [2.75, 3.05) is 38.5 Å². The number of halogens is 1. The predicted octanol–water partition coefficient (Wildman–Crippen LogP) is 3.30. The van der Waals surface area contributed by atoms with Gasteiger partial charge in [-0.1, -0.05) is 13.3 Å². The quantitative estimate of drug-likeness (QED) is 0.822. The predicted molar refractivity (Wildman–Crippen MR) is 119 cm³/mol. The molecule has 0 saturated carbocycles. The van der Waals surface area contributed by atoms with Gasteiger partial charge in [0, 0.05) is 54.0 Å². The topological polar surface area (TPSA) is 56.4 Å². The summed E-state index contributed by atoms with van der Waals surface area (Å²) < 4.78 is 0. The van der Waals surface area contributed by atoms with Crippen LogP contribution in [0.25, 0.3) is 10.9 Å². The van der Waals surface area contributed by atoms with Crippen molar-refractivity contribution in [3.63, 3.8) is 0 Å². The molecule has 5 nitrogen and oxygen atoms in total. The van der Waals surface area contributed by atoms with E-state index >= 15 is 0 Å². The number of nitrogens with one attached hydrogen (secondary N) is 1. The number of hydrogen-bond acceptors (Lipinski definition) is 4. The molecule has 152 valence electrons. The second kappa shape index (κ2) is 9.33. The number of benzene rings is 1. The minimum atomic E-state index is 0. The number of aryl methyl sites for hydroxylation is 1.